The summed E-state index contributed by atoms with van der Waals surface area (Å²) >= 11 is 0. The highest BCUT2D eigenvalue weighted by molar-refractivity contribution is 5.41. The first-order valence-electron chi connectivity index (χ1n) is 6.15. The lowest BCUT2D eigenvalue weighted by molar-refractivity contribution is 0.521. The van der Waals surface area contributed by atoms with E-state index in [0.29, 0.717) is 5.92 Å². The third-order valence-electron chi connectivity index (χ3n) is 3.21. The Labute approximate surface area is 99.1 Å². The Morgan fingerprint density at radius 1 is 1.25 bits per heavy atom. The monoisotopic (exact) mass is 223 g/mol. The highest BCUT2D eigenvalue weighted by Gasteiger charge is 2.25. The highest BCUT2D eigenvalue weighted by atomic mass is 15.1. The van der Waals surface area contributed by atoms with Crippen molar-refractivity contribution in [2.45, 2.75) is 58.8 Å². The third-order valence-corrected chi connectivity index (χ3v) is 3.21. The Kier molecular flexibility index (Phi) is 3.66. The second-order valence-corrected chi connectivity index (χ2v) is 5.53. The third kappa shape index (κ3) is 2.23. The lowest BCUT2D eigenvalue weighted by Gasteiger charge is -2.17. The smallest absolute Gasteiger partial charge is 0.126 e. The summed E-state index contributed by atoms with van der Waals surface area (Å²) in [6.07, 6.45) is 2.20. The van der Waals surface area contributed by atoms with E-state index < -0.39 is 0 Å². The van der Waals surface area contributed by atoms with Gasteiger partial charge in [-0.15, -0.1) is 0 Å². The van der Waals surface area contributed by atoms with Crippen LogP contribution in [0.4, 0.5) is 5.82 Å². The Hall–Kier alpha value is -0.990. The van der Waals surface area contributed by atoms with E-state index in [1.54, 1.807) is 0 Å². The molecule has 0 spiro atoms. The Bertz CT molecular complexity index is 354. The quantitative estimate of drug-likeness (QED) is 0.855. The van der Waals surface area contributed by atoms with E-state index in [9.17, 15) is 0 Å². The molecule has 2 N–H and O–H groups in total. The molecule has 0 fully saturated rings. The molecule has 0 saturated carbocycles. The molecular weight excluding hydrogens is 198 g/mol. The maximum atomic E-state index is 6.15. The molecule has 0 radical (unpaired) electrons. The molecule has 92 valence electrons. The lowest BCUT2D eigenvalue weighted by atomic mass is 9.95. The number of nitrogens with zero attached hydrogens (tertiary/aromatic N) is 2. The number of rotatable bonds is 3. The summed E-state index contributed by atoms with van der Waals surface area (Å²) in [6.45, 7) is 10.9. The van der Waals surface area contributed by atoms with Crippen LogP contribution in [-0.2, 0) is 12.5 Å². The van der Waals surface area contributed by atoms with Gasteiger partial charge in [0.15, 0.2) is 0 Å². The first kappa shape index (κ1) is 13.1. The number of nitrogen functional groups attached to an aromatic ring is 1. The van der Waals surface area contributed by atoms with Crippen molar-refractivity contribution in [3.05, 3.63) is 11.5 Å². The van der Waals surface area contributed by atoms with Crippen LogP contribution in [0.25, 0.3) is 0 Å². The van der Waals surface area contributed by atoms with E-state index in [-0.39, 0.29) is 5.41 Å². The van der Waals surface area contributed by atoms with Gasteiger partial charge < -0.3 is 10.3 Å². The molecule has 16 heavy (non-hydrogen) atoms. The second-order valence-electron chi connectivity index (χ2n) is 5.53. The van der Waals surface area contributed by atoms with Gasteiger partial charge >= 0.3 is 0 Å². The van der Waals surface area contributed by atoms with Crippen molar-refractivity contribution in [1.82, 2.24) is 9.55 Å². The van der Waals surface area contributed by atoms with E-state index in [2.05, 4.69) is 34.6 Å². The van der Waals surface area contributed by atoms with Crippen molar-refractivity contribution in [3.8, 4) is 0 Å². The molecule has 1 aromatic heterocycles. The Balaban J connectivity index is 3.24. The van der Waals surface area contributed by atoms with Gasteiger partial charge in [0.2, 0.25) is 0 Å². The zero-order valence-electron chi connectivity index (χ0n) is 11.5. The van der Waals surface area contributed by atoms with Crippen LogP contribution in [0.2, 0.25) is 0 Å². The largest absolute Gasteiger partial charge is 0.384 e. The molecular formula is C13H25N3. The zero-order chi connectivity index (χ0) is 12.5. The normalized spacial score (nSPS) is 12.4. The molecule has 1 rings (SSSR count). The summed E-state index contributed by atoms with van der Waals surface area (Å²) in [5.41, 5.74) is 7.28. The van der Waals surface area contributed by atoms with Crippen molar-refractivity contribution in [2.75, 3.05) is 5.73 Å². The van der Waals surface area contributed by atoms with Gasteiger partial charge in [0, 0.05) is 18.4 Å². The zero-order valence-corrected chi connectivity index (χ0v) is 11.5. The highest BCUT2D eigenvalue weighted by Crippen LogP contribution is 2.31. The Morgan fingerprint density at radius 2 is 1.75 bits per heavy atom. The van der Waals surface area contributed by atoms with Gasteiger partial charge in [-0.2, -0.15) is 0 Å². The van der Waals surface area contributed by atoms with Gasteiger partial charge in [0.25, 0.3) is 0 Å². The molecule has 0 atom stereocenters. The number of nitrogens with two attached hydrogens (primary N) is 1. The van der Waals surface area contributed by atoms with Crippen molar-refractivity contribution in [2.24, 2.45) is 7.05 Å². The van der Waals surface area contributed by atoms with Crippen LogP contribution in [-0.4, -0.2) is 9.55 Å². The molecule has 0 amide bonds. The summed E-state index contributed by atoms with van der Waals surface area (Å²) < 4.78 is 2.04. The van der Waals surface area contributed by atoms with Gasteiger partial charge in [-0.1, -0.05) is 34.6 Å². The minimum atomic E-state index is 0.0488. The van der Waals surface area contributed by atoms with Crippen molar-refractivity contribution in [3.63, 3.8) is 0 Å². The maximum Gasteiger partial charge on any atom is 0.126 e. The number of imidazole rings is 1. The predicted octanol–water partition coefficient (Wildman–Crippen LogP) is 3.20. The standard InChI is InChI=1S/C13H25N3/c1-7-9(8-2)10-11(14)16(6)12(15-10)13(3,4)5/h9H,7-8,14H2,1-6H3. The number of anilines is 1. The molecule has 0 aromatic carbocycles. The van der Waals surface area contributed by atoms with Gasteiger partial charge in [-0.25, -0.2) is 4.98 Å². The average molecular weight is 223 g/mol. The summed E-state index contributed by atoms with van der Waals surface area (Å²) in [5, 5.41) is 0. The van der Waals surface area contributed by atoms with E-state index in [0.717, 1.165) is 30.2 Å². The van der Waals surface area contributed by atoms with Crippen molar-refractivity contribution >= 4 is 5.82 Å². The first-order valence-corrected chi connectivity index (χ1v) is 6.15. The van der Waals surface area contributed by atoms with Crippen LogP contribution in [0.3, 0.4) is 0 Å². The fourth-order valence-electron chi connectivity index (χ4n) is 2.18. The molecule has 3 nitrogen and oxygen atoms in total. The van der Waals surface area contributed by atoms with E-state index in [4.69, 9.17) is 10.7 Å². The van der Waals surface area contributed by atoms with Crippen molar-refractivity contribution in [1.29, 1.82) is 0 Å². The number of hydrogen-bond acceptors (Lipinski definition) is 2. The lowest BCUT2D eigenvalue weighted by Crippen LogP contribution is -2.18. The van der Waals surface area contributed by atoms with Gasteiger partial charge in [-0.05, 0) is 12.8 Å². The molecule has 3 heteroatoms. The minimum Gasteiger partial charge on any atom is -0.384 e. The molecule has 0 aliphatic rings. The van der Waals surface area contributed by atoms with Crippen LogP contribution in [0.15, 0.2) is 0 Å². The van der Waals surface area contributed by atoms with Crippen LogP contribution in [0.1, 0.15) is 64.9 Å². The first-order chi connectivity index (χ1) is 7.32. The SMILES string of the molecule is CCC(CC)c1nc(C(C)(C)C)n(C)c1N. The molecule has 1 aromatic rings. The fraction of sp³-hybridized carbons (Fsp3) is 0.769. The molecule has 0 unspecified atom stereocenters. The van der Waals surface area contributed by atoms with Crippen LogP contribution in [0, 0.1) is 0 Å². The van der Waals surface area contributed by atoms with Crippen molar-refractivity contribution < 1.29 is 0 Å². The number of hydrogen-bond donors (Lipinski definition) is 1. The van der Waals surface area contributed by atoms with E-state index in [1.807, 2.05) is 11.6 Å². The van der Waals surface area contributed by atoms with Crippen LogP contribution in [0.5, 0.6) is 0 Å². The van der Waals surface area contributed by atoms with Gasteiger partial charge in [0.1, 0.15) is 11.6 Å². The van der Waals surface area contributed by atoms with E-state index >= 15 is 0 Å². The van der Waals surface area contributed by atoms with E-state index in [1.165, 1.54) is 0 Å². The maximum absolute atomic E-state index is 6.15. The second kappa shape index (κ2) is 4.48. The summed E-state index contributed by atoms with van der Waals surface area (Å²) in [5.74, 6) is 2.40. The topological polar surface area (TPSA) is 43.8 Å². The summed E-state index contributed by atoms with van der Waals surface area (Å²) in [4.78, 5) is 4.76. The Morgan fingerprint density at radius 3 is 2.06 bits per heavy atom. The predicted molar refractivity (Wildman–Crippen MR) is 69.6 cm³/mol. The molecule has 0 bridgehead atoms. The molecule has 0 aliphatic carbocycles. The van der Waals surface area contributed by atoms with Gasteiger partial charge in [0.05, 0.1) is 5.69 Å². The summed E-state index contributed by atoms with van der Waals surface area (Å²) in [6, 6.07) is 0. The summed E-state index contributed by atoms with van der Waals surface area (Å²) in [7, 11) is 2.01. The number of aromatic nitrogens is 2. The molecule has 1 heterocycles. The minimum absolute atomic E-state index is 0.0488. The van der Waals surface area contributed by atoms with Gasteiger partial charge in [-0.3, -0.25) is 0 Å². The molecule has 0 aliphatic heterocycles. The van der Waals surface area contributed by atoms with Crippen LogP contribution >= 0.6 is 0 Å². The fourth-order valence-corrected chi connectivity index (χ4v) is 2.18. The molecule has 0 saturated heterocycles. The average Bonchev–Trinajstić information content (AvgIpc) is 2.47. The van der Waals surface area contributed by atoms with Crippen LogP contribution < -0.4 is 5.73 Å².